The van der Waals surface area contributed by atoms with Crippen molar-refractivity contribution in [1.82, 2.24) is 0 Å². The number of halogens is 2. The lowest BCUT2D eigenvalue weighted by Crippen LogP contribution is -2.08. The van der Waals surface area contributed by atoms with Crippen LogP contribution in [0.5, 0.6) is 11.5 Å². The van der Waals surface area contributed by atoms with Gasteiger partial charge < -0.3 is 10.5 Å². The Morgan fingerprint density at radius 2 is 1.74 bits per heavy atom. The van der Waals surface area contributed by atoms with Crippen LogP contribution < -0.4 is 10.5 Å². The highest BCUT2D eigenvalue weighted by atomic mass is 19.1. The molecule has 0 saturated heterocycles. The molecular weight excluding hydrogens is 248 g/mol. The average molecular weight is 263 g/mol. The van der Waals surface area contributed by atoms with Crippen molar-refractivity contribution < 1.29 is 13.5 Å². The Kier molecular flexibility index (Phi) is 3.81. The van der Waals surface area contributed by atoms with E-state index in [2.05, 4.69) is 0 Å². The van der Waals surface area contributed by atoms with Gasteiger partial charge in [0.25, 0.3) is 0 Å². The van der Waals surface area contributed by atoms with Crippen molar-refractivity contribution >= 4 is 0 Å². The van der Waals surface area contributed by atoms with Gasteiger partial charge in [-0.15, -0.1) is 0 Å². The minimum absolute atomic E-state index is 0.0930. The van der Waals surface area contributed by atoms with Gasteiger partial charge >= 0.3 is 0 Å². The fourth-order valence-electron chi connectivity index (χ4n) is 1.76. The van der Waals surface area contributed by atoms with Crippen molar-refractivity contribution in [2.24, 2.45) is 5.73 Å². The lowest BCUT2D eigenvalue weighted by molar-refractivity contribution is 0.433. The molecule has 2 nitrogen and oxygen atoms in total. The van der Waals surface area contributed by atoms with Crippen LogP contribution in [0, 0.1) is 18.6 Å². The Bertz CT molecular complexity index is 597. The van der Waals surface area contributed by atoms with Gasteiger partial charge in [0.1, 0.15) is 11.6 Å². The standard InChI is InChI=1S/C15H15F2NO/c1-9-7-15(11(10(2)18)8-13(9)17)19-14-6-4-3-5-12(14)16/h3-8,10H,18H2,1-2H3/t10-/m1/s1. The third kappa shape index (κ3) is 2.90. The van der Waals surface area contributed by atoms with E-state index in [4.69, 9.17) is 10.5 Å². The highest BCUT2D eigenvalue weighted by Gasteiger charge is 2.14. The molecule has 1 atom stereocenters. The summed E-state index contributed by atoms with van der Waals surface area (Å²) in [5.41, 5.74) is 6.72. The van der Waals surface area contributed by atoms with Crippen LogP contribution >= 0.6 is 0 Å². The second-order valence-electron chi connectivity index (χ2n) is 4.46. The summed E-state index contributed by atoms with van der Waals surface area (Å²) in [4.78, 5) is 0. The summed E-state index contributed by atoms with van der Waals surface area (Å²) >= 11 is 0. The van der Waals surface area contributed by atoms with E-state index in [0.717, 1.165) is 0 Å². The predicted octanol–water partition coefficient (Wildman–Crippen LogP) is 4.09. The molecule has 100 valence electrons. The Balaban J connectivity index is 2.45. The molecule has 0 bridgehead atoms. The minimum atomic E-state index is -0.472. The van der Waals surface area contributed by atoms with Gasteiger partial charge in [-0.05, 0) is 43.7 Å². The summed E-state index contributed by atoms with van der Waals surface area (Å²) in [5.74, 6) is -0.359. The second-order valence-corrected chi connectivity index (χ2v) is 4.46. The molecular formula is C15H15F2NO. The molecule has 0 aliphatic rings. The molecule has 4 heteroatoms. The van der Waals surface area contributed by atoms with Gasteiger partial charge in [-0.1, -0.05) is 12.1 Å². The van der Waals surface area contributed by atoms with Crippen LogP contribution in [-0.2, 0) is 0 Å². The van der Waals surface area contributed by atoms with E-state index in [1.54, 1.807) is 26.0 Å². The number of hydrogen-bond donors (Lipinski definition) is 1. The molecule has 2 rings (SSSR count). The third-order valence-electron chi connectivity index (χ3n) is 2.84. The summed E-state index contributed by atoms with van der Waals surface area (Å²) in [6, 6.07) is 8.51. The maximum Gasteiger partial charge on any atom is 0.165 e. The molecule has 2 aromatic rings. The van der Waals surface area contributed by atoms with Crippen LogP contribution in [-0.4, -0.2) is 0 Å². The SMILES string of the molecule is Cc1cc(Oc2ccccc2F)c([C@@H](C)N)cc1F. The maximum atomic E-state index is 13.6. The molecule has 0 fully saturated rings. The van der Waals surface area contributed by atoms with Crippen molar-refractivity contribution in [3.8, 4) is 11.5 Å². The predicted molar refractivity (Wildman–Crippen MR) is 70.2 cm³/mol. The van der Waals surface area contributed by atoms with E-state index in [1.807, 2.05) is 0 Å². The Morgan fingerprint density at radius 3 is 2.37 bits per heavy atom. The first-order valence-electron chi connectivity index (χ1n) is 5.97. The zero-order valence-electron chi connectivity index (χ0n) is 10.8. The first kappa shape index (κ1) is 13.5. The highest BCUT2D eigenvalue weighted by molar-refractivity contribution is 5.43. The normalized spacial score (nSPS) is 12.3. The van der Waals surface area contributed by atoms with E-state index in [0.29, 0.717) is 16.9 Å². The smallest absolute Gasteiger partial charge is 0.165 e. The zero-order chi connectivity index (χ0) is 14.0. The third-order valence-corrected chi connectivity index (χ3v) is 2.84. The molecule has 0 radical (unpaired) electrons. The summed E-state index contributed by atoms with van der Waals surface area (Å²) in [6.07, 6.45) is 0. The highest BCUT2D eigenvalue weighted by Crippen LogP contribution is 2.32. The van der Waals surface area contributed by atoms with Gasteiger partial charge in [-0.3, -0.25) is 0 Å². The molecule has 0 aliphatic carbocycles. The molecule has 0 heterocycles. The Morgan fingerprint density at radius 1 is 1.05 bits per heavy atom. The summed E-state index contributed by atoms with van der Waals surface area (Å²) in [5, 5.41) is 0. The van der Waals surface area contributed by atoms with Crippen molar-refractivity contribution in [3.63, 3.8) is 0 Å². The molecule has 19 heavy (non-hydrogen) atoms. The largest absolute Gasteiger partial charge is 0.454 e. The minimum Gasteiger partial charge on any atom is -0.454 e. The van der Waals surface area contributed by atoms with Gasteiger partial charge in [0.05, 0.1) is 0 Å². The van der Waals surface area contributed by atoms with E-state index in [-0.39, 0.29) is 11.6 Å². The van der Waals surface area contributed by atoms with E-state index in [9.17, 15) is 8.78 Å². The fraction of sp³-hybridized carbons (Fsp3) is 0.200. The van der Waals surface area contributed by atoms with E-state index < -0.39 is 11.9 Å². The number of aryl methyl sites for hydroxylation is 1. The molecule has 2 N–H and O–H groups in total. The van der Waals surface area contributed by atoms with Gasteiger partial charge in [-0.25, -0.2) is 8.78 Å². The lowest BCUT2D eigenvalue weighted by atomic mass is 10.1. The van der Waals surface area contributed by atoms with Gasteiger partial charge in [-0.2, -0.15) is 0 Å². The van der Waals surface area contributed by atoms with E-state index >= 15 is 0 Å². The van der Waals surface area contributed by atoms with Gasteiger partial charge in [0.15, 0.2) is 11.6 Å². The van der Waals surface area contributed by atoms with Crippen LogP contribution in [0.1, 0.15) is 24.1 Å². The monoisotopic (exact) mass is 263 g/mol. The van der Waals surface area contributed by atoms with Gasteiger partial charge in [0.2, 0.25) is 0 Å². The summed E-state index contributed by atoms with van der Waals surface area (Å²) in [7, 11) is 0. The second kappa shape index (κ2) is 5.36. The quantitative estimate of drug-likeness (QED) is 0.905. The summed E-state index contributed by atoms with van der Waals surface area (Å²) < 4.78 is 32.6. The number of hydrogen-bond acceptors (Lipinski definition) is 2. The molecule has 0 aromatic heterocycles. The first-order valence-corrected chi connectivity index (χ1v) is 5.97. The number of rotatable bonds is 3. The van der Waals surface area contributed by atoms with Crippen molar-refractivity contribution in [3.05, 3.63) is 59.2 Å². The molecule has 0 saturated carbocycles. The fourth-order valence-corrected chi connectivity index (χ4v) is 1.76. The average Bonchev–Trinajstić information content (AvgIpc) is 2.36. The van der Waals surface area contributed by atoms with Crippen LogP contribution in [0.4, 0.5) is 8.78 Å². The van der Waals surface area contributed by atoms with Crippen molar-refractivity contribution in [1.29, 1.82) is 0 Å². The Labute approximate surface area is 110 Å². The van der Waals surface area contributed by atoms with Gasteiger partial charge in [0, 0.05) is 11.6 Å². The van der Waals surface area contributed by atoms with E-state index in [1.165, 1.54) is 24.3 Å². The lowest BCUT2D eigenvalue weighted by Gasteiger charge is -2.15. The zero-order valence-corrected chi connectivity index (χ0v) is 10.8. The number of nitrogens with two attached hydrogens (primary N) is 1. The summed E-state index contributed by atoms with van der Waals surface area (Å²) in [6.45, 7) is 3.34. The topological polar surface area (TPSA) is 35.2 Å². The molecule has 0 spiro atoms. The number of benzene rings is 2. The Hall–Kier alpha value is -1.94. The van der Waals surface area contributed by atoms with Crippen LogP contribution in [0.3, 0.4) is 0 Å². The van der Waals surface area contributed by atoms with Crippen LogP contribution in [0.15, 0.2) is 36.4 Å². The number of ether oxygens (including phenoxy) is 1. The molecule has 0 unspecified atom stereocenters. The number of para-hydroxylation sites is 1. The van der Waals surface area contributed by atoms with Crippen molar-refractivity contribution in [2.75, 3.05) is 0 Å². The van der Waals surface area contributed by atoms with Crippen LogP contribution in [0.2, 0.25) is 0 Å². The van der Waals surface area contributed by atoms with Crippen molar-refractivity contribution in [2.45, 2.75) is 19.9 Å². The molecule has 0 aliphatic heterocycles. The molecule has 2 aromatic carbocycles. The maximum absolute atomic E-state index is 13.6. The first-order chi connectivity index (χ1) is 8.99. The molecule has 0 amide bonds. The van der Waals surface area contributed by atoms with Crippen LogP contribution in [0.25, 0.3) is 0 Å².